The molecule has 2 rings (SSSR count). The van der Waals surface area contributed by atoms with E-state index in [-0.39, 0.29) is 18.0 Å². The monoisotopic (exact) mass is 307 g/mol. The first kappa shape index (κ1) is 14.2. The van der Waals surface area contributed by atoms with E-state index in [1.165, 1.54) is 12.1 Å². The van der Waals surface area contributed by atoms with Gasteiger partial charge in [-0.05, 0) is 25.0 Å². The van der Waals surface area contributed by atoms with Crippen molar-refractivity contribution in [3.05, 3.63) is 29.0 Å². The van der Waals surface area contributed by atoms with Crippen molar-refractivity contribution in [3.63, 3.8) is 0 Å². The smallest absolute Gasteiger partial charge is 0.322 e. The second kappa shape index (κ2) is 5.07. The first-order valence-corrected chi connectivity index (χ1v) is 7.36. The number of carboxylic acids is 1. The summed E-state index contributed by atoms with van der Waals surface area (Å²) in [7, 11) is -4.25. The molecule has 1 N–H and O–H groups in total. The second-order valence-corrected chi connectivity index (χ2v) is 6.40. The molecule has 1 saturated heterocycles. The van der Waals surface area contributed by atoms with Gasteiger partial charge in [-0.25, -0.2) is 12.8 Å². The van der Waals surface area contributed by atoms with Crippen LogP contribution in [-0.2, 0) is 14.8 Å². The molecule has 0 amide bonds. The van der Waals surface area contributed by atoms with Crippen molar-refractivity contribution in [1.29, 1.82) is 0 Å². The molecule has 1 aromatic carbocycles. The summed E-state index contributed by atoms with van der Waals surface area (Å²) in [6.45, 7) is 0.0456. The van der Waals surface area contributed by atoms with Crippen LogP contribution in [0.25, 0.3) is 0 Å². The molecule has 8 heteroatoms. The van der Waals surface area contributed by atoms with Crippen molar-refractivity contribution in [2.45, 2.75) is 23.8 Å². The van der Waals surface area contributed by atoms with Crippen LogP contribution < -0.4 is 0 Å². The number of nitrogens with zero attached hydrogens (tertiary/aromatic N) is 1. The minimum Gasteiger partial charge on any atom is -0.480 e. The highest BCUT2D eigenvalue weighted by molar-refractivity contribution is 7.89. The zero-order valence-electron chi connectivity index (χ0n) is 9.71. The third kappa shape index (κ3) is 2.45. The van der Waals surface area contributed by atoms with E-state index in [2.05, 4.69) is 0 Å². The van der Waals surface area contributed by atoms with Gasteiger partial charge < -0.3 is 5.11 Å². The highest BCUT2D eigenvalue weighted by Crippen LogP contribution is 2.31. The Balaban J connectivity index is 2.51. The molecule has 1 heterocycles. The van der Waals surface area contributed by atoms with Crippen molar-refractivity contribution >= 4 is 27.6 Å². The zero-order valence-corrected chi connectivity index (χ0v) is 11.3. The molecule has 0 saturated carbocycles. The van der Waals surface area contributed by atoms with Gasteiger partial charge in [0.1, 0.15) is 16.8 Å². The predicted molar refractivity (Wildman–Crippen MR) is 66.0 cm³/mol. The number of aliphatic carboxylic acids is 1. The molecule has 1 aliphatic rings. The largest absolute Gasteiger partial charge is 0.480 e. The summed E-state index contributed by atoms with van der Waals surface area (Å²) in [4.78, 5) is 10.4. The Morgan fingerprint density at radius 1 is 1.47 bits per heavy atom. The van der Waals surface area contributed by atoms with Gasteiger partial charge in [-0.3, -0.25) is 4.79 Å². The van der Waals surface area contributed by atoms with Gasteiger partial charge in [-0.15, -0.1) is 0 Å². The summed E-state index contributed by atoms with van der Waals surface area (Å²) in [6, 6.07) is 2.35. The molecule has 1 fully saturated rings. The minimum atomic E-state index is -4.25. The molecule has 1 aliphatic heterocycles. The SMILES string of the molecule is O=C(O)[C@H]1CCCN1S(=O)(=O)c1c(F)cccc1Cl. The maximum Gasteiger partial charge on any atom is 0.322 e. The number of sulfonamides is 1. The van der Waals surface area contributed by atoms with Gasteiger partial charge >= 0.3 is 5.97 Å². The predicted octanol–water partition coefficient (Wildman–Crippen LogP) is 1.72. The van der Waals surface area contributed by atoms with Crippen LogP contribution >= 0.6 is 11.6 Å². The van der Waals surface area contributed by atoms with Crippen molar-refractivity contribution in [1.82, 2.24) is 4.31 Å². The lowest BCUT2D eigenvalue weighted by atomic mass is 10.2. The third-order valence-corrected chi connectivity index (χ3v) is 5.39. The van der Waals surface area contributed by atoms with Crippen LogP contribution in [0.2, 0.25) is 5.02 Å². The minimum absolute atomic E-state index is 0.0456. The molecule has 0 spiro atoms. The fourth-order valence-electron chi connectivity index (χ4n) is 2.12. The lowest BCUT2D eigenvalue weighted by molar-refractivity contribution is -0.140. The third-order valence-electron chi connectivity index (χ3n) is 2.97. The standard InChI is InChI=1S/C11H11ClFNO4S/c12-7-3-1-4-8(13)10(7)19(17,18)14-6-2-5-9(14)11(15)16/h1,3-4,9H,2,5-6H2,(H,15,16)/t9-/m1/s1. The average Bonchev–Trinajstić information content (AvgIpc) is 2.77. The zero-order chi connectivity index (χ0) is 14.2. The Hall–Kier alpha value is -1.18. The van der Waals surface area contributed by atoms with Crippen molar-refractivity contribution in [3.8, 4) is 0 Å². The van der Waals surface area contributed by atoms with Gasteiger partial charge in [-0.2, -0.15) is 4.31 Å². The van der Waals surface area contributed by atoms with E-state index < -0.39 is 32.7 Å². The van der Waals surface area contributed by atoms with E-state index >= 15 is 0 Å². The molecule has 0 aromatic heterocycles. The molecule has 1 aromatic rings. The van der Waals surface area contributed by atoms with Gasteiger partial charge in [-0.1, -0.05) is 17.7 Å². The summed E-state index contributed by atoms with van der Waals surface area (Å²) < 4.78 is 39.1. The molecular formula is C11H11ClFNO4S. The number of benzene rings is 1. The summed E-state index contributed by atoms with van der Waals surface area (Å²) in [5.41, 5.74) is 0. The lowest BCUT2D eigenvalue weighted by Gasteiger charge is -2.21. The number of hydrogen-bond donors (Lipinski definition) is 1. The maximum atomic E-state index is 13.7. The Morgan fingerprint density at radius 3 is 2.74 bits per heavy atom. The van der Waals surface area contributed by atoms with Crippen molar-refractivity contribution in [2.75, 3.05) is 6.54 Å². The summed E-state index contributed by atoms with van der Waals surface area (Å²) in [6.07, 6.45) is 0.628. The van der Waals surface area contributed by atoms with E-state index in [1.807, 2.05) is 0 Å². The lowest BCUT2D eigenvalue weighted by Crippen LogP contribution is -2.40. The topological polar surface area (TPSA) is 74.7 Å². The molecule has 104 valence electrons. The van der Waals surface area contributed by atoms with Crippen LogP contribution in [0.15, 0.2) is 23.1 Å². The highest BCUT2D eigenvalue weighted by Gasteiger charge is 2.41. The van der Waals surface area contributed by atoms with Crippen LogP contribution in [0.1, 0.15) is 12.8 Å². The van der Waals surface area contributed by atoms with Crippen molar-refractivity contribution in [2.24, 2.45) is 0 Å². The highest BCUT2D eigenvalue weighted by atomic mass is 35.5. The van der Waals surface area contributed by atoms with Gasteiger partial charge in [0.2, 0.25) is 10.0 Å². The van der Waals surface area contributed by atoms with E-state index in [1.54, 1.807) is 0 Å². The molecule has 19 heavy (non-hydrogen) atoms. The summed E-state index contributed by atoms with van der Waals surface area (Å²) >= 11 is 5.73. The van der Waals surface area contributed by atoms with Gasteiger partial charge in [0.05, 0.1) is 5.02 Å². The summed E-state index contributed by atoms with van der Waals surface area (Å²) in [5, 5.41) is 8.75. The normalized spacial score (nSPS) is 20.6. The Labute approximate surface area is 114 Å². The van der Waals surface area contributed by atoms with Crippen LogP contribution in [0.5, 0.6) is 0 Å². The number of rotatable bonds is 3. The molecule has 0 bridgehead atoms. The summed E-state index contributed by atoms with van der Waals surface area (Å²) in [5.74, 6) is -2.22. The number of halogens is 2. The maximum absolute atomic E-state index is 13.7. The second-order valence-electron chi connectivity index (χ2n) is 4.16. The van der Waals surface area contributed by atoms with Crippen LogP contribution in [0.3, 0.4) is 0 Å². The molecule has 0 unspecified atom stereocenters. The number of carboxylic acid groups (broad SMARTS) is 1. The van der Waals surface area contributed by atoms with Crippen LogP contribution in [0, 0.1) is 5.82 Å². The molecule has 5 nitrogen and oxygen atoms in total. The first-order chi connectivity index (χ1) is 8.85. The average molecular weight is 308 g/mol. The van der Waals surface area contributed by atoms with Gasteiger partial charge in [0, 0.05) is 6.54 Å². The molecule has 1 atom stereocenters. The Morgan fingerprint density at radius 2 is 2.16 bits per heavy atom. The Bertz CT molecular complexity index is 599. The number of hydrogen-bond acceptors (Lipinski definition) is 3. The fourth-order valence-corrected chi connectivity index (χ4v) is 4.34. The van der Waals surface area contributed by atoms with E-state index in [9.17, 15) is 17.6 Å². The Kier molecular flexibility index (Phi) is 3.80. The van der Waals surface area contributed by atoms with Crippen LogP contribution in [-0.4, -0.2) is 36.4 Å². The quantitative estimate of drug-likeness (QED) is 0.922. The molecule has 0 aliphatic carbocycles. The molecular weight excluding hydrogens is 297 g/mol. The molecule has 0 radical (unpaired) electrons. The van der Waals surface area contributed by atoms with Gasteiger partial charge in [0.15, 0.2) is 0 Å². The van der Waals surface area contributed by atoms with E-state index in [4.69, 9.17) is 16.7 Å². The van der Waals surface area contributed by atoms with Crippen molar-refractivity contribution < 1.29 is 22.7 Å². The van der Waals surface area contributed by atoms with E-state index in [0.717, 1.165) is 10.4 Å². The van der Waals surface area contributed by atoms with Crippen LogP contribution in [0.4, 0.5) is 4.39 Å². The number of carbonyl (C=O) groups is 1. The van der Waals surface area contributed by atoms with Gasteiger partial charge in [0.25, 0.3) is 0 Å². The fraction of sp³-hybridized carbons (Fsp3) is 0.364. The van der Waals surface area contributed by atoms with E-state index in [0.29, 0.717) is 6.42 Å². The first-order valence-electron chi connectivity index (χ1n) is 5.54.